The number of rotatable bonds is 8. The van der Waals surface area contributed by atoms with E-state index < -0.39 is 0 Å². The van der Waals surface area contributed by atoms with Gasteiger partial charge in [0.15, 0.2) is 11.5 Å². The van der Waals surface area contributed by atoms with Crippen LogP contribution >= 0.6 is 0 Å². The molecule has 1 aliphatic rings. The second-order valence-electron chi connectivity index (χ2n) is 7.56. The first-order chi connectivity index (χ1) is 15.7. The molecule has 1 fully saturated rings. The highest BCUT2D eigenvalue weighted by molar-refractivity contribution is 5.92. The fourth-order valence-electron chi connectivity index (χ4n) is 3.86. The zero-order valence-corrected chi connectivity index (χ0v) is 18.4. The van der Waals surface area contributed by atoms with Crippen LogP contribution in [0.4, 0.5) is 11.6 Å². The topological polar surface area (TPSA) is 89.7 Å². The molecule has 1 amide bonds. The highest BCUT2D eigenvalue weighted by Crippen LogP contribution is 2.33. The predicted molar refractivity (Wildman–Crippen MR) is 122 cm³/mol. The van der Waals surface area contributed by atoms with Crippen LogP contribution in [0.1, 0.15) is 26.7 Å². The number of ether oxygens (including phenoxy) is 2. The van der Waals surface area contributed by atoms with Crippen LogP contribution in [0, 0.1) is 5.92 Å². The minimum absolute atomic E-state index is 0.0382. The Morgan fingerprint density at radius 3 is 2.50 bits per heavy atom. The molecule has 1 aromatic carbocycles. The fourth-order valence-corrected chi connectivity index (χ4v) is 3.86. The van der Waals surface area contributed by atoms with Crippen molar-refractivity contribution in [3.63, 3.8) is 0 Å². The molecule has 0 saturated carbocycles. The summed E-state index contributed by atoms with van der Waals surface area (Å²) in [5.74, 6) is 1.59. The Labute approximate surface area is 187 Å². The smallest absolute Gasteiger partial charge is 0.231 e. The molecule has 1 saturated heterocycles. The highest BCUT2D eigenvalue weighted by Gasteiger charge is 2.26. The Kier molecular flexibility index (Phi) is 6.89. The standard InChI is InChI=1S/C24H28N4O4/c1-3-30-21-6-5-18(15-22(21)31-4-2)20-16-23(32-27-20)26-24(29)17-9-13-28(14-10-17)19-7-11-25-12-8-19/h5-8,11-12,15-17H,3-4,9-10,13-14H2,1-2H3,(H,26,29). The van der Waals surface area contributed by atoms with Crippen LogP contribution in [0.2, 0.25) is 0 Å². The molecular weight excluding hydrogens is 408 g/mol. The number of nitrogens with one attached hydrogen (secondary N) is 1. The quantitative estimate of drug-likeness (QED) is 0.560. The van der Waals surface area contributed by atoms with Gasteiger partial charge in [-0.1, -0.05) is 5.16 Å². The van der Waals surface area contributed by atoms with Crippen molar-refractivity contribution in [3.05, 3.63) is 48.8 Å². The molecule has 32 heavy (non-hydrogen) atoms. The van der Waals surface area contributed by atoms with Crippen LogP contribution in [0.3, 0.4) is 0 Å². The van der Waals surface area contributed by atoms with E-state index in [0.717, 1.165) is 37.2 Å². The third-order valence-corrected chi connectivity index (χ3v) is 5.49. The lowest BCUT2D eigenvalue weighted by atomic mass is 9.95. The fraction of sp³-hybridized carbons (Fsp3) is 0.375. The molecule has 3 aromatic rings. The number of hydrogen-bond acceptors (Lipinski definition) is 7. The van der Waals surface area contributed by atoms with E-state index in [1.807, 2.05) is 44.2 Å². The Morgan fingerprint density at radius 2 is 1.78 bits per heavy atom. The van der Waals surface area contributed by atoms with Crippen LogP contribution in [0.15, 0.2) is 53.3 Å². The lowest BCUT2D eigenvalue weighted by Gasteiger charge is -2.32. The molecule has 8 heteroatoms. The molecule has 1 aliphatic heterocycles. The molecule has 0 bridgehead atoms. The van der Waals surface area contributed by atoms with Crippen LogP contribution in [0.5, 0.6) is 11.5 Å². The number of piperidine rings is 1. The molecule has 0 aliphatic carbocycles. The van der Waals surface area contributed by atoms with E-state index in [1.54, 1.807) is 18.5 Å². The van der Waals surface area contributed by atoms with Gasteiger partial charge in [-0.15, -0.1) is 0 Å². The number of amides is 1. The highest BCUT2D eigenvalue weighted by atomic mass is 16.5. The number of anilines is 2. The largest absolute Gasteiger partial charge is 0.490 e. The third-order valence-electron chi connectivity index (χ3n) is 5.49. The van der Waals surface area contributed by atoms with E-state index >= 15 is 0 Å². The second kappa shape index (κ2) is 10.2. The average Bonchev–Trinajstić information content (AvgIpc) is 3.29. The maximum atomic E-state index is 12.7. The van der Waals surface area contributed by atoms with Gasteiger partial charge < -0.3 is 18.9 Å². The van der Waals surface area contributed by atoms with Crippen molar-refractivity contribution in [2.45, 2.75) is 26.7 Å². The van der Waals surface area contributed by atoms with Gasteiger partial charge in [0, 0.05) is 48.7 Å². The number of aromatic nitrogens is 2. The van der Waals surface area contributed by atoms with Crippen molar-refractivity contribution in [1.82, 2.24) is 10.1 Å². The molecule has 3 heterocycles. The summed E-state index contributed by atoms with van der Waals surface area (Å²) in [7, 11) is 0. The molecule has 0 unspecified atom stereocenters. The summed E-state index contributed by atoms with van der Waals surface area (Å²) in [5.41, 5.74) is 2.59. The van der Waals surface area contributed by atoms with E-state index in [0.29, 0.717) is 36.3 Å². The molecule has 168 valence electrons. The monoisotopic (exact) mass is 436 g/mol. The maximum Gasteiger partial charge on any atom is 0.231 e. The van der Waals surface area contributed by atoms with Crippen molar-refractivity contribution in [1.29, 1.82) is 0 Å². The van der Waals surface area contributed by atoms with Crippen LogP contribution in [-0.4, -0.2) is 42.4 Å². The zero-order valence-electron chi connectivity index (χ0n) is 18.4. The van der Waals surface area contributed by atoms with E-state index in [2.05, 4.69) is 20.4 Å². The Balaban J connectivity index is 1.37. The van der Waals surface area contributed by atoms with Gasteiger partial charge >= 0.3 is 0 Å². The molecular formula is C24H28N4O4. The number of pyridine rings is 1. The van der Waals surface area contributed by atoms with Gasteiger partial charge in [-0.2, -0.15) is 0 Å². The Bertz CT molecular complexity index is 1030. The summed E-state index contributed by atoms with van der Waals surface area (Å²) in [6, 6.07) is 11.3. The lowest BCUT2D eigenvalue weighted by Crippen LogP contribution is -2.38. The van der Waals surface area contributed by atoms with Gasteiger partial charge in [0.25, 0.3) is 0 Å². The summed E-state index contributed by atoms with van der Waals surface area (Å²) in [6.07, 6.45) is 5.15. The van der Waals surface area contributed by atoms with Crippen LogP contribution < -0.4 is 19.7 Å². The van der Waals surface area contributed by atoms with Gasteiger partial charge in [-0.3, -0.25) is 15.1 Å². The summed E-state index contributed by atoms with van der Waals surface area (Å²) in [6.45, 7) is 6.60. The first-order valence-corrected chi connectivity index (χ1v) is 11.0. The van der Waals surface area contributed by atoms with Crippen LogP contribution in [0.25, 0.3) is 11.3 Å². The number of nitrogens with zero attached hydrogens (tertiary/aromatic N) is 3. The van der Waals surface area contributed by atoms with Gasteiger partial charge in [-0.05, 0) is 57.0 Å². The van der Waals surface area contributed by atoms with E-state index in [1.165, 1.54) is 0 Å². The second-order valence-corrected chi connectivity index (χ2v) is 7.56. The van der Waals surface area contributed by atoms with E-state index in [9.17, 15) is 4.79 Å². The average molecular weight is 437 g/mol. The molecule has 1 N–H and O–H groups in total. The van der Waals surface area contributed by atoms with Crippen molar-refractivity contribution >= 4 is 17.5 Å². The minimum Gasteiger partial charge on any atom is -0.490 e. The van der Waals surface area contributed by atoms with Crippen molar-refractivity contribution in [2.75, 3.05) is 36.5 Å². The first-order valence-electron chi connectivity index (χ1n) is 11.0. The van der Waals surface area contributed by atoms with Gasteiger partial charge in [0.1, 0.15) is 5.69 Å². The number of benzene rings is 1. The van der Waals surface area contributed by atoms with Crippen LogP contribution in [-0.2, 0) is 4.79 Å². The number of carbonyl (C=O) groups is 1. The first kappa shape index (κ1) is 21.7. The number of carbonyl (C=O) groups excluding carboxylic acids is 1. The van der Waals surface area contributed by atoms with E-state index in [-0.39, 0.29) is 11.8 Å². The normalized spacial score (nSPS) is 14.2. The SMILES string of the molecule is CCOc1ccc(-c2cc(NC(=O)C3CCN(c4ccncc4)CC3)on2)cc1OCC. The Morgan fingerprint density at radius 1 is 1.06 bits per heavy atom. The van der Waals surface area contributed by atoms with Gasteiger partial charge in [0.05, 0.1) is 13.2 Å². The lowest BCUT2D eigenvalue weighted by molar-refractivity contribution is -0.120. The van der Waals surface area contributed by atoms with Gasteiger partial charge in [-0.25, -0.2) is 0 Å². The summed E-state index contributed by atoms with van der Waals surface area (Å²) < 4.78 is 16.7. The molecule has 2 aromatic heterocycles. The predicted octanol–water partition coefficient (Wildman–Crippen LogP) is 4.39. The summed E-state index contributed by atoms with van der Waals surface area (Å²) in [4.78, 5) is 19.1. The van der Waals surface area contributed by atoms with Crippen molar-refractivity contribution in [2.24, 2.45) is 5.92 Å². The zero-order chi connectivity index (χ0) is 22.3. The van der Waals surface area contributed by atoms with Gasteiger partial charge in [0.2, 0.25) is 11.8 Å². The Hall–Kier alpha value is -3.55. The van der Waals surface area contributed by atoms with Crippen molar-refractivity contribution < 1.29 is 18.8 Å². The molecule has 4 rings (SSSR count). The molecule has 0 atom stereocenters. The third kappa shape index (κ3) is 5.01. The molecule has 0 radical (unpaired) electrons. The summed E-state index contributed by atoms with van der Waals surface area (Å²) in [5, 5.41) is 6.99. The van der Waals surface area contributed by atoms with Crippen molar-refractivity contribution in [3.8, 4) is 22.8 Å². The molecule has 0 spiro atoms. The van der Waals surface area contributed by atoms with E-state index in [4.69, 9.17) is 14.0 Å². The minimum atomic E-state index is -0.0586. The maximum absolute atomic E-state index is 12.7. The summed E-state index contributed by atoms with van der Waals surface area (Å²) >= 11 is 0. The number of hydrogen-bond donors (Lipinski definition) is 1. The molecule has 8 nitrogen and oxygen atoms in total.